The van der Waals surface area contributed by atoms with Crippen molar-refractivity contribution in [1.29, 1.82) is 0 Å². The van der Waals surface area contributed by atoms with E-state index in [1.165, 1.54) is 6.26 Å². The number of carbonyl (C=O) groups is 1. The smallest absolute Gasteiger partial charge is 0.253 e. The van der Waals surface area contributed by atoms with Gasteiger partial charge in [-0.15, -0.1) is 0 Å². The van der Waals surface area contributed by atoms with Crippen molar-refractivity contribution in [2.75, 3.05) is 39.0 Å². The predicted molar refractivity (Wildman–Crippen MR) is 98.1 cm³/mol. The molecule has 1 amide bonds. The summed E-state index contributed by atoms with van der Waals surface area (Å²) < 4.78 is 25.6. The van der Waals surface area contributed by atoms with Crippen molar-refractivity contribution >= 4 is 15.9 Å². The molecule has 0 unspecified atom stereocenters. The number of hydrogen-bond donors (Lipinski definition) is 0. The summed E-state index contributed by atoms with van der Waals surface area (Å²) in [5.74, 6) is 0.0222. The normalized spacial score (nSPS) is 24.8. The lowest BCUT2D eigenvalue weighted by molar-refractivity contribution is -0.0372. The average molecular weight is 365 g/mol. The highest BCUT2D eigenvalue weighted by Gasteiger charge is 2.45. The number of piperazine rings is 2. The summed E-state index contributed by atoms with van der Waals surface area (Å²) in [4.78, 5) is 17.0. The number of aryl methyl sites for hydroxylation is 1. The van der Waals surface area contributed by atoms with Crippen molar-refractivity contribution in [2.24, 2.45) is 0 Å². The van der Waals surface area contributed by atoms with Gasteiger partial charge in [0.05, 0.1) is 6.26 Å². The van der Waals surface area contributed by atoms with Crippen molar-refractivity contribution in [3.05, 3.63) is 35.4 Å². The molecular formula is C18H27N3O3S. The molecule has 2 saturated heterocycles. The van der Waals surface area contributed by atoms with E-state index in [4.69, 9.17) is 0 Å². The topological polar surface area (TPSA) is 60.9 Å². The number of amides is 1. The highest BCUT2D eigenvalue weighted by molar-refractivity contribution is 7.88. The minimum absolute atomic E-state index is 0.0222. The van der Waals surface area contributed by atoms with Crippen LogP contribution in [0.1, 0.15) is 29.8 Å². The quantitative estimate of drug-likeness (QED) is 0.790. The first-order valence-corrected chi connectivity index (χ1v) is 10.5. The van der Waals surface area contributed by atoms with E-state index in [1.54, 1.807) is 4.31 Å². The van der Waals surface area contributed by atoms with E-state index in [0.717, 1.165) is 12.1 Å². The molecule has 6 nitrogen and oxygen atoms in total. The fourth-order valence-electron chi connectivity index (χ4n) is 3.95. The maximum atomic E-state index is 12.8. The van der Waals surface area contributed by atoms with E-state index in [2.05, 4.69) is 18.7 Å². The van der Waals surface area contributed by atoms with Gasteiger partial charge in [-0.25, -0.2) is 8.42 Å². The van der Waals surface area contributed by atoms with E-state index in [0.29, 0.717) is 31.7 Å². The van der Waals surface area contributed by atoms with Gasteiger partial charge >= 0.3 is 0 Å². The van der Waals surface area contributed by atoms with Crippen LogP contribution in [0, 0.1) is 6.92 Å². The van der Waals surface area contributed by atoms with Crippen LogP contribution in [0.4, 0.5) is 0 Å². The third-order valence-corrected chi connectivity index (χ3v) is 6.51. The molecule has 0 bridgehead atoms. The van der Waals surface area contributed by atoms with Crippen LogP contribution in [0.2, 0.25) is 0 Å². The van der Waals surface area contributed by atoms with Gasteiger partial charge in [0.1, 0.15) is 0 Å². The zero-order valence-corrected chi connectivity index (χ0v) is 16.2. The number of hydrogen-bond acceptors (Lipinski definition) is 4. The number of rotatable bonds is 2. The van der Waals surface area contributed by atoms with E-state index >= 15 is 0 Å². The van der Waals surface area contributed by atoms with E-state index in [9.17, 15) is 13.2 Å². The van der Waals surface area contributed by atoms with Gasteiger partial charge in [-0.1, -0.05) is 17.7 Å². The van der Waals surface area contributed by atoms with Crippen molar-refractivity contribution in [2.45, 2.75) is 32.4 Å². The fraction of sp³-hybridized carbons (Fsp3) is 0.611. The average Bonchev–Trinajstić information content (AvgIpc) is 2.53. The van der Waals surface area contributed by atoms with Crippen LogP contribution in [0.5, 0.6) is 0 Å². The maximum absolute atomic E-state index is 12.8. The molecule has 0 N–H and O–H groups in total. The van der Waals surface area contributed by atoms with Crippen LogP contribution in [0.3, 0.4) is 0 Å². The van der Waals surface area contributed by atoms with Gasteiger partial charge in [-0.05, 0) is 32.9 Å². The van der Waals surface area contributed by atoms with Crippen molar-refractivity contribution in [3.8, 4) is 0 Å². The Balaban J connectivity index is 1.78. The summed E-state index contributed by atoms with van der Waals surface area (Å²) in [6.45, 7) is 9.09. The Morgan fingerprint density at radius 3 is 2.36 bits per heavy atom. The standard InChI is InChI=1S/C18H27N3O3S/c1-14-5-7-15(8-6-14)17(22)19-9-10-21-16(11-19)12-20(25(4,23)24)13-18(21,2)3/h5-8,16H,9-13H2,1-4H3/t16-/m0/s1. The van der Waals surface area contributed by atoms with Crippen LogP contribution < -0.4 is 0 Å². The Hall–Kier alpha value is -1.44. The fourth-order valence-corrected chi connectivity index (χ4v) is 4.94. The molecular weight excluding hydrogens is 338 g/mol. The first kappa shape index (κ1) is 18.4. The molecule has 2 heterocycles. The molecule has 1 aromatic carbocycles. The Morgan fingerprint density at radius 2 is 1.76 bits per heavy atom. The van der Waals surface area contributed by atoms with Gasteiger partial charge in [-0.3, -0.25) is 9.69 Å². The number of fused-ring (bicyclic) bond motifs is 1. The van der Waals surface area contributed by atoms with Crippen molar-refractivity contribution in [3.63, 3.8) is 0 Å². The third kappa shape index (κ3) is 3.73. The minimum atomic E-state index is -3.24. The zero-order chi connectivity index (χ0) is 18.4. The summed E-state index contributed by atoms with van der Waals surface area (Å²) in [6, 6.07) is 7.63. The first-order chi connectivity index (χ1) is 11.6. The second kappa shape index (κ2) is 6.37. The monoisotopic (exact) mass is 365 g/mol. The molecule has 7 heteroatoms. The molecule has 3 rings (SSSR count). The zero-order valence-electron chi connectivity index (χ0n) is 15.4. The minimum Gasteiger partial charge on any atom is -0.336 e. The SMILES string of the molecule is Cc1ccc(C(=O)N2CCN3[C@@H](C2)CN(S(C)(=O)=O)CC3(C)C)cc1. The number of benzene rings is 1. The number of nitrogens with zero attached hydrogens (tertiary/aromatic N) is 3. The Morgan fingerprint density at radius 1 is 1.12 bits per heavy atom. The predicted octanol–water partition coefficient (Wildman–Crippen LogP) is 1.18. The van der Waals surface area contributed by atoms with E-state index in [-0.39, 0.29) is 17.5 Å². The van der Waals surface area contributed by atoms with Gasteiger partial charge in [0.25, 0.3) is 5.91 Å². The Bertz CT molecular complexity index is 758. The van der Waals surface area contributed by atoms with Crippen LogP contribution in [0.15, 0.2) is 24.3 Å². The molecule has 25 heavy (non-hydrogen) atoms. The van der Waals surface area contributed by atoms with Crippen LogP contribution in [-0.2, 0) is 10.0 Å². The van der Waals surface area contributed by atoms with Gasteiger partial charge in [0.15, 0.2) is 0 Å². The van der Waals surface area contributed by atoms with E-state index in [1.807, 2.05) is 36.1 Å². The van der Waals surface area contributed by atoms with Gasteiger partial charge in [-0.2, -0.15) is 4.31 Å². The summed E-state index contributed by atoms with van der Waals surface area (Å²) >= 11 is 0. The van der Waals surface area contributed by atoms with Crippen LogP contribution in [0.25, 0.3) is 0 Å². The molecule has 0 saturated carbocycles. The molecule has 2 fully saturated rings. The lowest BCUT2D eigenvalue weighted by Crippen LogP contribution is -2.70. The first-order valence-electron chi connectivity index (χ1n) is 8.66. The highest BCUT2D eigenvalue weighted by atomic mass is 32.2. The molecule has 0 spiro atoms. The largest absolute Gasteiger partial charge is 0.336 e. The number of sulfonamides is 1. The summed E-state index contributed by atoms with van der Waals surface area (Å²) in [5.41, 5.74) is 1.58. The molecule has 0 aliphatic carbocycles. The van der Waals surface area contributed by atoms with Crippen LogP contribution in [-0.4, -0.2) is 79.0 Å². The molecule has 2 aliphatic rings. The molecule has 138 valence electrons. The third-order valence-electron chi connectivity index (χ3n) is 5.29. The lowest BCUT2D eigenvalue weighted by Gasteiger charge is -2.54. The van der Waals surface area contributed by atoms with Crippen molar-refractivity contribution in [1.82, 2.24) is 14.1 Å². The number of carbonyl (C=O) groups excluding carboxylic acids is 1. The Labute approximate surface area is 150 Å². The highest BCUT2D eigenvalue weighted by Crippen LogP contribution is 2.29. The Kier molecular flexibility index (Phi) is 4.68. The van der Waals surface area contributed by atoms with Crippen molar-refractivity contribution < 1.29 is 13.2 Å². The van der Waals surface area contributed by atoms with Gasteiger partial charge in [0, 0.05) is 49.9 Å². The molecule has 1 aromatic rings. The lowest BCUT2D eigenvalue weighted by atomic mass is 9.94. The summed E-state index contributed by atoms with van der Waals surface area (Å²) in [6.07, 6.45) is 1.26. The summed E-state index contributed by atoms with van der Waals surface area (Å²) in [5, 5.41) is 0. The molecule has 0 radical (unpaired) electrons. The van der Waals surface area contributed by atoms with Gasteiger partial charge in [0.2, 0.25) is 10.0 Å². The molecule has 2 aliphatic heterocycles. The summed E-state index contributed by atoms with van der Waals surface area (Å²) in [7, 11) is -3.24. The van der Waals surface area contributed by atoms with Crippen LogP contribution >= 0.6 is 0 Å². The second-order valence-corrected chi connectivity index (χ2v) is 9.81. The molecule has 1 atom stereocenters. The molecule has 0 aromatic heterocycles. The van der Waals surface area contributed by atoms with E-state index < -0.39 is 10.0 Å². The maximum Gasteiger partial charge on any atom is 0.253 e. The van der Waals surface area contributed by atoms with Gasteiger partial charge < -0.3 is 4.90 Å². The second-order valence-electron chi connectivity index (χ2n) is 7.83.